The fraction of sp³-hybridized carbons (Fsp3) is 0.294. The van der Waals surface area contributed by atoms with Gasteiger partial charge in [-0.3, -0.25) is 0 Å². The average molecular weight is 370 g/mol. The molecule has 2 aromatic rings. The molecule has 21 heavy (non-hydrogen) atoms. The maximum absolute atomic E-state index is 6.45. The summed E-state index contributed by atoms with van der Waals surface area (Å²) in [5.41, 5.74) is 3.23. The van der Waals surface area contributed by atoms with Crippen LogP contribution in [0.2, 0.25) is 5.02 Å². The Hall–Kier alpha value is -1.19. The van der Waals surface area contributed by atoms with Gasteiger partial charge in [0.2, 0.25) is 0 Å². The van der Waals surface area contributed by atoms with Crippen LogP contribution in [0.15, 0.2) is 34.8 Å². The molecule has 0 radical (unpaired) electrons. The average Bonchev–Trinajstić information content (AvgIpc) is 2.48. The normalized spacial score (nSPS) is 10.5. The molecule has 0 aliphatic heterocycles. The molecule has 112 valence electrons. The van der Waals surface area contributed by atoms with E-state index in [4.69, 9.17) is 21.1 Å². The van der Waals surface area contributed by atoms with Crippen molar-refractivity contribution in [1.29, 1.82) is 0 Å². The molecule has 2 nitrogen and oxygen atoms in total. The highest BCUT2D eigenvalue weighted by molar-refractivity contribution is 9.10. The Kier molecular flexibility index (Phi) is 5.54. The van der Waals surface area contributed by atoms with E-state index in [0.717, 1.165) is 33.5 Å². The van der Waals surface area contributed by atoms with Crippen LogP contribution in [-0.4, -0.2) is 13.7 Å². The zero-order valence-corrected chi connectivity index (χ0v) is 14.7. The van der Waals surface area contributed by atoms with Crippen LogP contribution in [0.3, 0.4) is 0 Å². The van der Waals surface area contributed by atoms with E-state index < -0.39 is 0 Å². The van der Waals surface area contributed by atoms with Crippen LogP contribution < -0.4 is 9.47 Å². The van der Waals surface area contributed by atoms with E-state index in [1.807, 2.05) is 26.0 Å². The van der Waals surface area contributed by atoms with E-state index in [1.165, 1.54) is 5.56 Å². The van der Waals surface area contributed by atoms with Gasteiger partial charge in [0.1, 0.15) is 11.5 Å². The van der Waals surface area contributed by atoms with Gasteiger partial charge in [-0.15, -0.1) is 0 Å². The molecule has 0 aliphatic carbocycles. The minimum Gasteiger partial charge on any atom is -0.495 e. The summed E-state index contributed by atoms with van der Waals surface area (Å²) >= 11 is 10.0. The third kappa shape index (κ3) is 3.72. The number of ether oxygens (including phenoxy) is 2. The fourth-order valence-electron chi connectivity index (χ4n) is 2.20. The SMILES string of the molecule is CCOc1ccc(Cc2cc(Br)c(C)c(OC)c2Cl)cc1. The summed E-state index contributed by atoms with van der Waals surface area (Å²) in [5.74, 6) is 1.61. The molecule has 0 aliphatic rings. The largest absolute Gasteiger partial charge is 0.495 e. The molecule has 0 spiro atoms. The van der Waals surface area contributed by atoms with Gasteiger partial charge in [-0.05, 0) is 49.6 Å². The lowest BCUT2D eigenvalue weighted by molar-refractivity contribution is 0.340. The minimum atomic E-state index is 0.673. The Bertz CT molecular complexity index is 624. The second-order valence-corrected chi connectivity index (χ2v) is 5.98. The summed E-state index contributed by atoms with van der Waals surface area (Å²) in [6, 6.07) is 10.1. The van der Waals surface area contributed by atoms with E-state index in [1.54, 1.807) is 7.11 Å². The van der Waals surface area contributed by atoms with Crippen molar-refractivity contribution < 1.29 is 9.47 Å². The Morgan fingerprint density at radius 3 is 2.43 bits per heavy atom. The number of halogens is 2. The Balaban J connectivity index is 2.29. The molecule has 0 fully saturated rings. The van der Waals surface area contributed by atoms with Crippen molar-refractivity contribution in [3.05, 3.63) is 56.5 Å². The highest BCUT2D eigenvalue weighted by Crippen LogP contribution is 2.37. The van der Waals surface area contributed by atoms with Crippen LogP contribution in [0.5, 0.6) is 11.5 Å². The highest BCUT2D eigenvalue weighted by Gasteiger charge is 2.14. The summed E-state index contributed by atoms with van der Waals surface area (Å²) in [4.78, 5) is 0. The first-order valence-electron chi connectivity index (χ1n) is 6.80. The van der Waals surface area contributed by atoms with Crippen molar-refractivity contribution in [2.75, 3.05) is 13.7 Å². The van der Waals surface area contributed by atoms with Crippen LogP contribution in [0.1, 0.15) is 23.6 Å². The van der Waals surface area contributed by atoms with Crippen LogP contribution in [0.4, 0.5) is 0 Å². The van der Waals surface area contributed by atoms with E-state index in [2.05, 4.69) is 34.1 Å². The second-order valence-electron chi connectivity index (χ2n) is 4.74. The molecular weight excluding hydrogens is 352 g/mol. The van der Waals surface area contributed by atoms with Gasteiger partial charge in [0.15, 0.2) is 0 Å². The summed E-state index contributed by atoms with van der Waals surface area (Å²) < 4.78 is 11.9. The first kappa shape index (κ1) is 16.2. The predicted octanol–water partition coefficient (Wildman–Crippen LogP) is 5.41. The van der Waals surface area contributed by atoms with Crippen LogP contribution >= 0.6 is 27.5 Å². The quantitative estimate of drug-likeness (QED) is 0.701. The van der Waals surface area contributed by atoms with Gasteiger partial charge in [-0.1, -0.05) is 39.7 Å². The van der Waals surface area contributed by atoms with E-state index in [-0.39, 0.29) is 0 Å². The molecule has 0 saturated heterocycles. The molecule has 0 N–H and O–H groups in total. The lowest BCUT2D eigenvalue weighted by Crippen LogP contribution is -1.97. The molecule has 0 heterocycles. The monoisotopic (exact) mass is 368 g/mol. The molecule has 2 aromatic carbocycles. The summed E-state index contributed by atoms with van der Waals surface area (Å²) in [7, 11) is 1.64. The summed E-state index contributed by atoms with van der Waals surface area (Å²) in [6.45, 7) is 4.63. The van der Waals surface area contributed by atoms with Gasteiger partial charge >= 0.3 is 0 Å². The highest BCUT2D eigenvalue weighted by atomic mass is 79.9. The zero-order chi connectivity index (χ0) is 15.4. The van der Waals surface area contributed by atoms with Crippen LogP contribution in [0.25, 0.3) is 0 Å². The van der Waals surface area contributed by atoms with Crippen LogP contribution in [0, 0.1) is 6.92 Å². The third-order valence-electron chi connectivity index (χ3n) is 3.31. The van der Waals surface area contributed by atoms with Crippen molar-refractivity contribution >= 4 is 27.5 Å². The van der Waals surface area contributed by atoms with E-state index in [9.17, 15) is 0 Å². The smallest absolute Gasteiger partial charge is 0.141 e. The number of rotatable bonds is 5. The maximum Gasteiger partial charge on any atom is 0.141 e. The number of hydrogen-bond acceptors (Lipinski definition) is 2. The Morgan fingerprint density at radius 2 is 1.86 bits per heavy atom. The Morgan fingerprint density at radius 1 is 1.19 bits per heavy atom. The van der Waals surface area contributed by atoms with E-state index >= 15 is 0 Å². The molecule has 0 aromatic heterocycles. The lowest BCUT2D eigenvalue weighted by Gasteiger charge is -2.14. The molecule has 0 saturated carbocycles. The molecule has 0 unspecified atom stereocenters. The molecule has 0 atom stereocenters. The Labute approximate surface area is 139 Å². The molecule has 0 amide bonds. The van der Waals surface area contributed by atoms with Crippen molar-refractivity contribution in [1.82, 2.24) is 0 Å². The lowest BCUT2D eigenvalue weighted by atomic mass is 10.0. The number of hydrogen-bond donors (Lipinski definition) is 0. The predicted molar refractivity (Wildman–Crippen MR) is 90.9 cm³/mol. The number of benzene rings is 2. The van der Waals surface area contributed by atoms with Crippen molar-refractivity contribution in [3.63, 3.8) is 0 Å². The first-order chi connectivity index (χ1) is 10.1. The second kappa shape index (κ2) is 7.19. The summed E-state index contributed by atoms with van der Waals surface area (Å²) in [5, 5.41) is 0.673. The maximum atomic E-state index is 6.45. The summed E-state index contributed by atoms with van der Waals surface area (Å²) in [6.07, 6.45) is 0.750. The standard InChI is InChI=1S/C17H18BrClO2/c1-4-21-14-7-5-12(6-8-14)9-13-10-15(18)11(2)17(20-3)16(13)19/h5-8,10H,4,9H2,1-3H3. The van der Waals surface area contributed by atoms with Gasteiger partial charge in [0.25, 0.3) is 0 Å². The van der Waals surface area contributed by atoms with Crippen molar-refractivity contribution in [3.8, 4) is 11.5 Å². The van der Waals surface area contributed by atoms with Gasteiger partial charge < -0.3 is 9.47 Å². The van der Waals surface area contributed by atoms with Gasteiger partial charge in [0, 0.05) is 10.0 Å². The fourth-order valence-corrected chi connectivity index (χ4v) is 3.00. The van der Waals surface area contributed by atoms with Gasteiger partial charge in [-0.25, -0.2) is 0 Å². The number of methoxy groups -OCH3 is 1. The minimum absolute atomic E-state index is 0.673. The first-order valence-corrected chi connectivity index (χ1v) is 7.97. The zero-order valence-electron chi connectivity index (χ0n) is 12.4. The molecule has 0 bridgehead atoms. The topological polar surface area (TPSA) is 18.5 Å². The van der Waals surface area contributed by atoms with Gasteiger partial charge in [-0.2, -0.15) is 0 Å². The van der Waals surface area contributed by atoms with Crippen molar-refractivity contribution in [2.24, 2.45) is 0 Å². The third-order valence-corrected chi connectivity index (χ3v) is 4.55. The van der Waals surface area contributed by atoms with Crippen molar-refractivity contribution in [2.45, 2.75) is 20.3 Å². The molecule has 2 rings (SSSR count). The van der Waals surface area contributed by atoms with Crippen LogP contribution in [-0.2, 0) is 6.42 Å². The molecule has 4 heteroatoms. The van der Waals surface area contributed by atoms with E-state index in [0.29, 0.717) is 11.6 Å². The van der Waals surface area contributed by atoms with Gasteiger partial charge in [0.05, 0.1) is 18.7 Å². The molecular formula is C17H18BrClO2.